The van der Waals surface area contributed by atoms with Crippen molar-refractivity contribution in [3.8, 4) is 11.8 Å². The van der Waals surface area contributed by atoms with Crippen molar-refractivity contribution < 1.29 is 23.5 Å². The smallest absolute Gasteiger partial charge is 0.344 e. The van der Waals surface area contributed by atoms with Gasteiger partial charge in [-0.3, -0.25) is 4.79 Å². The SMILES string of the molecule is Cc1cc(C(=O)COC(=O)COc2ccccc2C#N)c(C)n1Cc1ccc(F)cc1. The number of ether oxygens (including phenoxy) is 2. The summed E-state index contributed by atoms with van der Waals surface area (Å²) in [4.78, 5) is 24.5. The highest BCUT2D eigenvalue weighted by Crippen LogP contribution is 2.19. The van der Waals surface area contributed by atoms with Crippen molar-refractivity contribution in [3.63, 3.8) is 0 Å². The molecule has 1 heterocycles. The van der Waals surface area contributed by atoms with Crippen molar-refractivity contribution in [2.45, 2.75) is 20.4 Å². The van der Waals surface area contributed by atoms with E-state index < -0.39 is 19.2 Å². The minimum absolute atomic E-state index is 0.276. The van der Waals surface area contributed by atoms with Crippen molar-refractivity contribution in [2.75, 3.05) is 13.2 Å². The molecule has 0 bridgehead atoms. The van der Waals surface area contributed by atoms with Crippen LogP contribution in [0.5, 0.6) is 5.75 Å². The topological polar surface area (TPSA) is 81.3 Å². The van der Waals surface area contributed by atoms with Gasteiger partial charge in [0.25, 0.3) is 0 Å². The van der Waals surface area contributed by atoms with Gasteiger partial charge in [0, 0.05) is 23.5 Å². The minimum atomic E-state index is -0.707. The van der Waals surface area contributed by atoms with Crippen LogP contribution in [0.3, 0.4) is 0 Å². The number of aryl methyl sites for hydroxylation is 1. The van der Waals surface area contributed by atoms with Crippen LogP contribution < -0.4 is 4.74 Å². The fraction of sp³-hybridized carbons (Fsp3) is 0.208. The maximum absolute atomic E-state index is 13.1. The summed E-state index contributed by atoms with van der Waals surface area (Å²) < 4.78 is 25.4. The number of ketones is 1. The molecule has 0 aliphatic heterocycles. The predicted octanol–water partition coefficient (Wildman–Crippen LogP) is 3.97. The fourth-order valence-electron chi connectivity index (χ4n) is 3.19. The molecule has 0 spiro atoms. The number of nitriles is 1. The number of rotatable bonds is 8. The normalized spacial score (nSPS) is 10.4. The van der Waals surface area contributed by atoms with Gasteiger partial charge in [-0.15, -0.1) is 0 Å². The summed E-state index contributed by atoms with van der Waals surface area (Å²) in [5.74, 6) is -1.06. The molecule has 0 saturated heterocycles. The van der Waals surface area contributed by atoms with E-state index >= 15 is 0 Å². The van der Waals surface area contributed by atoms with Crippen LogP contribution in [0.25, 0.3) is 0 Å². The molecule has 6 nitrogen and oxygen atoms in total. The van der Waals surface area contributed by atoms with Gasteiger partial charge in [0.1, 0.15) is 17.6 Å². The fourth-order valence-corrected chi connectivity index (χ4v) is 3.19. The molecule has 0 unspecified atom stereocenters. The van der Waals surface area contributed by atoms with Crippen molar-refractivity contribution in [1.82, 2.24) is 4.57 Å². The second kappa shape index (κ2) is 9.72. The monoisotopic (exact) mass is 420 g/mol. The number of hydrogen-bond donors (Lipinski definition) is 0. The van der Waals surface area contributed by atoms with E-state index in [1.807, 2.05) is 24.5 Å². The molecule has 0 N–H and O–H groups in total. The first-order chi connectivity index (χ1) is 14.9. The molecule has 0 saturated carbocycles. The number of para-hydroxylation sites is 1. The molecule has 3 rings (SSSR count). The Kier molecular flexibility index (Phi) is 6.83. The first-order valence-corrected chi connectivity index (χ1v) is 9.61. The Balaban J connectivity index is 1.58. The van der Waals surface area contributed by atoms with Gasteiger partial charge < -0.3 is 14.0 Å². The maximum atomic E-state index is 13.1. The Morgan fingerprint density at radius 2 is 1.77 bits per heavy atom. The average Bonchev–Trinajstić information content (AvgIpc) is 3.06. The molecule has 0 amide bonds. The van der Waals surface area contributed by atoms with Gasteiger partial charge >= 0.3 is 5.97 Å². The predicted molar refractivity (Wildman–Crippen MR) is 111 cm³/mol. The van der Waals surface area contributed by atoms with E-state index in [9.17, 15) is 14.0 Å². The molecule has 0 radical (unpaired) electrons. The molecule has 31 heavy (non-hydrogen) atoms. The summed E-state index contributed by atoms with van der Waals surface area (Å²) in [5.41, 5.74) is 3.28. The number of benzene rings is 2. The van der Waals surface area contributed by atoms with Gasteiger partial charge in [0.05, 0.1) is 5.56 Å². The van der Waals surface area contributed by atoms with E-state index in [1.54, 1.807) is 42.5 Å². The summed E-state index contributed by atoms with van der Waals surface area (Å²) in [7, 11) is 0. The molecule has 3 aromatic rings. The van der Waals surface area contributed by atoms with E-state index in [4.69, 9.17) is 14.7 Å². The maximum Gasteiger partial charge on any atom is 0.344 e. The van der Waals surface area contributed by atoms with Crippen LogP contribution in [0.2, 0.25) is 0 Å². The molecule has 158 valence electrons. The lowest BCUT2D eigenvalue weighted by molar-refractivity contribution is -0.144. The molecule has 0 fully saturated rings. The first-order valence-electron chi connectivity index (χ1n) is 9.61. The van der Waals surface area contributed by atoms with Crippen LogP contribution in [0.15, 0.2) is 54.6 Å². The number of nitrogens with zero attached hydrogens (tertiary/aromatic N) is 2. The number of aromatic nitrogens is 1. The van der Waals surface area contributed by atoms with Gasteiger partial charge in [-0.25, -0.2) is 9.18 Å². The van der Waals surface area contributed by atoms with Crippen LogP contribution in [0.1, 0.15) is 32.9 Å². The van der Waals surface area contributed by atoms with E-state index in [-0.39, 0.29) is 17.3 Å². The van der Waals surface area contributed by atoms with Gasteiger partial charge in [0.2, 0.25) is 5.78 Å². The molecule has 7 heteroatoms. The molecule has 2 aromatic carbocycles. The third-order valence-electron chi connectivity index (χ3n) is 4.85. The standard InChI is InChI=1S/C24H21FN2O4/c1-16-11-21(17(2)27(16)13-18-7-9-20(25)10-8-18)22(28)14-31-24(29)15-30-23-6-4-3-5-19(23)12-26/h3-11H,13-15H2,1-2H3. The molecule has 1 aromatic heterocycles. The van der Waals surface area contributed by atoms with Crippen LogP contribution >= 0.6 is 0 Å². The zero-order chi connectivity index (χ0) is 22.4. The highest BCUT2D eigenvalue weighted by atomic mass is 19.1. The molecule has 0 atom stereocenters. The van der Waals surface area contributed by atoms with Gasteiger partial charge in [-0.1, -0.05) is 24.3 Å². The van der Waals surface area contributed by atoms with Gasteiger partial charge in [-0.2, -0.15) is 5.26 Å². The van der Waals surface area contributed by atoms with Gasteiger partial charge in [0.15, 0.2) is 13.2 Å². The number of carbonyl (C=O) groups is 2. The molecule has 0 aliphatic rings. The average molecular weight is 420 g/mol. The second-order valence-electron chi connectivity index (χ2n) is 6.98. The lowest BCUT2D eigenvalue weighted by atomic mass is 10.1. The second-order valence-corrected chi connectivity index (χ2v) is 6.98. The summed E-state index contributed by atoms with van der Waals surface area (Å²) in [6, 6.07) is 16.4. The summed E-state index contributed by atoms with van der Waals surface area (Å²) in [6.07, 6.45) is 0. The van der Waals surface area contributed by atoms with Crippen LogP contribution in [0, 0.1) is 31.0 Å². The molecular formula is C24H21FN2O4. The molecule has 0 aliphatic carbocycles. The summed E-state index contributed by atoms with van der Waals surface area (Å²) >= 11 is 0. The molecular weight excluding hydrogens is 399 g/mol. The lowest BCUT2D eigenvalue weighted by Gasteiger charge is -2.10. The first kappa shape index (κ1) is 21.8. The van der Waals surface area contributed by atoms with E-state index in [0.29, 0.717) is 17.7 Å². The van der Waals surface area contributed by atoms with Crippen LogP contribution in [-0.2, 0) is 16.1 Å². The summed E-state index contributed by atoms with van der Waals surface area (Å²) in [5, 5.41) is 9.03. The van der Waals surface area contributed by atoms with Gasteiger partial charge in [-0.05, 0) is 49.7 Å². The van der Waals surface area contributed by atoms with E-state index in [0.717, 1.165) is 17.0 Å². The Hall–Kier alpha value is -3.92. The minimum Gasteiger partial charge on any atom is -0.481 e. The Morgan fingerprint density at radius 1 is 1.06 bits per heavy atom. The Bertz CT molecular complexity index is 1140. The Morgan fingerprint density at radius 3 is 2.48 bits per heavy atom. The number of carbonyl (C=O) groups excluding carboxylic acids is 2. The number of Topliss-reactive ketones (excluding diaryl/α,β-unsaturated/α-hetero) is 1. The lowest BCUT2D eigenvalue weighted by Crippen LogP contribution is -2.20. The van der Waals surface area contributed by atoms with E-state index in [2.05, 4.69) is 0 Å². The van der Waals surface area contributed by atoms with Crippen molar-refractivity contribution in [3.05, 3.63) is 88.5 Å². The zero-order valence-electron chi connectivity index (χ0n) is 17.2. The van der Waals surface area contributed by atoms with Crippen LogP contribution in [-0.4, -0.2) is 29.5 Å². The largest absolute Gasteiger partial charge is 0.481 e. The van der Waals surface area contributed by atoms with E-state index in [1.165, 1.54) is 12.1 Å². The highest BCUT2D eigenvalue weighted by molar-refractivity contribution is 5.99. The third-order valence-corrected chi connectivity index (χ3v) is 4.85. The number of hydrogen-bond acceptors (Lipinski definition) is 5. The number of halogens is 1. The zero-order valence-corrected chi connectivity index (χ0v) is 17.2. The summed E-state index contributed by atoms with van der Waals surface area (Å²) in [6.45, 7) is 3.36. The third kappa shape index (κ3) is 5.37. The van der Waals surface area contributed by atoms with Crippen molar-refractivity contribution in [1.29, 1.82) is 5.26 Å². The highest BCUT2D eigenvalue weighted by Gasteiger charge is 2.18. The Labute approximate surface area is 179 Å². The van der Waals surface area contributed by atoms with Crippen molar-refractivity contribution in [2.24, 2.45) is 0 Å². The number of esters is 1. The van der Waals surface area contributed by atoms with Crippen LogP contribution in [0.4, 0.5) is 4.39 Å². The quantitative estimate of drug-likeness (QED) is 0.407. The van der Waals surface area contributed by atoms with Crippen molar-refractivity contribution >= 4 is 11.8 Å².